The van der Waals surface area contributed by atoms with Gasteiger partial charge in [0.25, 0.3) is 5.91 Å². The lowest BCUT2D eigenvalue weighted by Crippen LogP contribution is -2.36. The highest BCUT2D eigenvalue weighted by Gasteiger charge is 2.18. The molecule has 2 N–H and O–H groups in total. The van der Waals surface area contributed by atoms with Gasteiger partial charge in [0.15, 0.2) is 22.2 Å². The number of aryl methyl sites for hydroxylation is 2. The number of carbonyl (C=O) groups excluding carboxylic acids is 2. The number of nitrogens with one attached hydrogen (secondary N) is 2. The second-order valence-corrected chi connectivity index (χ2v) is 10.9. The van der Waals surface area contributed by atoms with E-state index < -0.39 is 6.10 Å². The van der Waals surface area contributed by atoms with E-state index in [1.54, 1.807) is 6.92 Å². The van der Waals surface area contributed by atoms with E-state index in [9.17, 15) is 9.59 Å². The molecule has 0 unspecified atom stereocenters. The number of carbonyl (C=O) groups is 2. The molecule has 0 spiro atoms. The van der Waals surface area contributed by atoms with Crippen LogP contribution in [-0.4, -0.2) is 43.4 Å². The predicted octanol–water partition coefficient (Wildman–Crippen LogP) is 5.11. The van der Waals surface area contributed by atoms with Crippen LogP contribution >= 0.6 is 23.1 Å². The topological polar surface area (TPSA) is 111 Å². The average molecular weight is 565 g/mol. The maximum Gasteiger partial charge on any atom is 0.261 e. The summed E-state index contributed by atoms with van der Waals surface area (Å²) in [6.45, 7) is 8.56. The van der Waals surface area contributed by atoms with Crippen molar-refractivity contribution in [2.24, 2.45) is 0 Å². The summed E-state index contributed by atoms with van der Waals surface area (Å²) in [5, 5.41) is 15.4. The Labute approximate surface area is 236 Å². The van der Waals surface area contributed by atoms with Crippen molar-refractivity contribution in [1.29, 1.82) is 0 Å². The van der Waals surface area contributed by atoms with Crippen LogP contribution in [0.3, 0.4) is 0 Å². The summed E-state index contributed by atoms with van der Waals surface area (Å²) in [5.74, 6) is 0.990. The maximum absolute atomic E-state index is 12.6. The van der Waals surface area contributed by atoms with Crippen LogP contribution in [0.15, 0.2) is 59.8 Å². The highest BCUT2D eigenvalue weighted by molar-refractivity contribution is 7.99. The summed E-state index contributed by atoms with van der Waals surface area (Å²) >= 11 is 2.74. The van der Waals surface area contributed by atoms with Gasteiger partial charge in [0.1, 0.15) is 5.75 Å². The molecular formula is C28H32N6O3S2. The zero-order valence-electron chi connectivity index (χ0n) is 22.4. The first kappa shape index (κ1) is 28.3. The molecule has 204 valence electrons. The fraction of sp³-hybridized carbons (Fsp3) is 0.321. The van der Waals surface area contributed by atoms with Crippen LogP contribution in [0.4, 0.5) is 5.13 Å². The molecule has 4 rings (SSSR count). The molecule has 2 amide bonds. The number of rotatable bonds is 12. The summed E-state index contributed by atoms with van der Waals surface area (Å²) in [6, 6.07) is 17.6. The third kappa shape index (κ3) is 7.45. The molecule has 2 aromatic carbocycles. The number of amides is 2. The third-order valence-corrected chi connectivity index (χ3v) is 7.82. The van der Waals surface area contributed by atoms with E-state index in [1.165, 1.54) is 28.7 Å². The normalized spacial score (nSPS) is 11.7. The number of benzene rings is 2. The SMILES string of the molecule is CCc1ccc(O[C@H](C)C(=O)NCc2nnc(SCC(=O)Nc3nc(-c4ccccc4)c(C)s3)n2CC)cc1. The summed E-state index contributed by atoms with van der Waals surface area (Å²) in [6.07, 6.45) is 0.283. The Morgan fingerprint density at radius 2 is 1.82 bits per heavy atom. The molecule has 0 bridgehead atoms. The standard InChI is InChI=1S/C28H32N6O3S2/c1-5-20-12-14-22(15-13-20)37-18(3)26(36)29-16-23-32-33-28(34(23)6-2)38-17-24(35)30-27-31-25(19(4)39-27)21-10-8-7-9-11-21/h7-15,18H,5-6,16-17H2,1-4H3,(H,29,36)(H,30,31,35)/t18-/m1/s1. The Morgan fingerprint density at radius 3 is 2.51 bits per heavy atom. The van der Waals surface area contributed by atoms with Crippen LogP contribution in [0.1, 0.15) is 37.0 Å². The Balaban J connectivity index is 1.28. The first-order chi connectivity index (χ1) is 18.9. The number of ether oxygens (including phenoxy) is 1. The summed E-state index contributed by atoms with van der Waals surface area (Å²) in [7, 11) is 0. The van der Waals surface area contributed by atoms with Gasteiger partial charge in [-0.25, -0.2) is 4.98 Å². The number of thioether (sulfide) groups is 1. The van der Waals surface area contributed by atoms with Crippen molar-refractivity contribution in [2.45, 2.75) is 58.5 Å². The lowest BCUT2D eigenvalue weighted by Gasteiger charge is -2.15. The number of aromatic nitrogens is 4. The molecule has 9 nitrogen and oxygen atoms in total. The molecule has 0 radical (unpaired) electrons. The van der Waals surface area contributed by atoms with Gasteiger partial charge >= 0.3 is 0 Å². The maximum atomic E-state index is 12.6. The molecule has 2 heterocycles. The minimum atomic E-state index is -0.662. The Hall–Kier alpha value is -3.70. The number of anilines is 1. The monoisotopic (exact) mass is 564 g/mol. The number of thiazole rings is 1. The summed E-state index contributed by atoms with van der Waals surface area (Å²) in [4.78, 5) is 30.9. The van der Waals surface area contributed by atoms with E-state index in [0.29, 0.717) is 28.4 Å². The van der Waals surface area contributed by atoms with E-state index in [4.69, 9.17) is 4.74 Å². The number of hydrogen-bond acceptors (Lipinski definition) is 8. The molecular weight excluding hydrogens is 532 g/mol. The van der Waals surface area contributed by atoms with Gasteiger partial charge in [0.05, 0.1) is 18.0 Å². The van der Waals surface area contributed by atoms with E-state index in [1.807, 2.05) is 73.0 Å². The minimum Gasteiger partial charge on any atom is -0.481 e. The van der Waals surface area contributed by atoms with Gasteiger partial charge in [-0.1, -0.05) is 61.2 Å². The van der Waals surface area contributed by atoms with Crippen LogP contribution < -0.4 is 15.4 Å². The number of hydrogen-bond donors (Lipinski definition) is 2. The van der Waals surface area contributed by atoms with Crippen molar-refractivity contribution < 1.29 is 14.3 Å². The zero-order valence-corrected chi connectivity index (χ0v) is 24.1. The zero-order chi connectivity index (χ0) is 27.8. The quantitative estimate of drug-likeness (QED) is 0.230. The van der Waals surface area contributed by atoms with Crippen molar-refractivity contribution in [2.75, 3.05) is 11.1 Å². The molecule has 0 aliphatic rings. The lowest BCUT2D eigenvalue weighted by molar-refractivity contribution is -0.127. The van der Waals surface area contributed by atoms with Gasteiger partial charge in [-0.15, -0.1) is 21.5 Å². The first-order valence-corrected chi connectivity index (χ1v) is 14.6. The molecule has 0 aliphatic carbocycles. The van der Waals surface area contributed by atoms with Gasteiger partial charge < -0.3 is 19.9 Å². The Bertz CT molecular complexity index is 1400. The van der Waals surface area contributed by atoms with Crippen molar-refractivity contribution in [1.82, 2.24) is 25.1 Å². The van der Waals surface area contributed by atoms with Gasteiger partial charge in [0, 0.05) is 17.0 Å². The van der Waals surface area contributed by atoms with Crippen molar-refractivity contribution >= 4 is 40.0 Å². The fourth-order valence-electron chi connectivity index (χ4n) is 3.84. The molecule has 39 heavy (non-hydrogen) atoms. The summed E-state index contributed by atoms with van der Waals surface area (Å²) in [5.41, 5.74) is 3.10. The first-order valence-electron chi connectivity index (χ1n) is 12.8. The molecule has 4 aromatic rings. The van der Waals surface area contributed by atoms with Gasteiger partial charge in [-0.05, 0) is 44.9 Å². The van der Waals surface area contributed by atoms with Crippen molar-refractivity contribution in [3.8, 4) is 17.0 Å². The van der Waals surface area contributed by atoms with Gasteiger partial charge in [-0.3, -0.25) is 9.59 Å². The smallest absolute Gasteiger partial charge is 0.261 e. The molecule has 0 saturated carbocycles. The Kier molecular flexibility index (Phi) is 9.72. The predicted molar refractivity (Wildman–Crippen MR) is 155 cm³/mol. The second-order valence-electron chi connectivity index (χ2n) is 8.75. The minimum absolute atomic E-state index is 0.158. The van der Waals surface area contributed by atoms with E-state index in [0.717, 1.165) is 22.6 Å². The Morgan fingerprint density at radius 1 is 1.08 bits per heavy atom. The highest BCUT2D eigenvalue weighted by atomic mass is 32.2. The molecule has 0 saturated heterocycles. The fourth-order valence-corrected chi connectivity index (χ4v) is 5.52. The third-order valence-electron chi connectivity index (χ3n) is 5.97. The van der Waals surface area contributed by atoms with Crippen molar-refractivity contribution in [3.63, 3.8) is 0 Å². The van der Waals surface area contributed by atoms with Crippen LogP contribution in [0.25, 0.3) is 11.3 Å². The van der Waals surface area contributed by atoms with Gasteiger partial charge in [-0.2, -0.15) is 0 Å². The molecule has 2 aromatic heterocycles. The summed E-state index contributed by atoms with van der Waals surface area (Å²) < 4.78 is 7.65. The molecule has 1 atom stereocenters. The molecule has 0 aliphatic heterocycles. The van der Waals surface area contributed by atoms with E-state index in [-0.39, 0.29) is 24.1 Å². The molecule has 11 heteroatoms. The van der Waals surface area contributed by atoms with E-state index >= 15 is 0 Å². The molecule has 0 fully saturated rings. The van der Waals surface area contributed by atoms with E-state index in [2.05, 4.69) is 32.7 Å². The van der Waals surface area contributed by atoms with Crippen LogP contribution in [-0.2, 0) is 29.1 Å². The second kappa shape index (κ2) is 13.4. The van der Waals surface area contributed by atoms with Crippen LogP contribution in [0.2, 0.25) is 0 Å². The number of nitrogens with zero attached hydrogens (tertiary/aromatic N) is 4. The lowest BCUT2D eigenvalue weighted by atomic mass is 10.1. The highest BCUT2D eigenvalue weighted by Crippen LogP contribution is 2.30. The largest absolute Gasteiger partial charge is 0.481 e. The van der Waals surface area contributed by atoms with Gasteiger partial charge in [0.2, 0.25) is 5.91 Å². The van der Waals surface area contributed by atoms with Crippen molar-refractivity contribution in [3.05, 3.63) is 70.9 Å². The van der Waals surface area contributed by atoms with Crippen LogP contribution in [0.5, 0.6) is 5.75 Å². The average Bonchev–Trinajstić information content (AvgIpc) is 3.53. The van der Waals surface area contributed by atoms with Crippen LogP contribution in [0, 0.1) is 6.92 Å².